The summed E-state index contributed by atoms with van der Waals surface area (Å²) in [5.41, 5.74) is 1.71. The van der Waals surface area contributed by atoms with E-state index in [9.17, 15) is 9.00 Å². The van der Waals surface area contributed by atoms with Crippen LogP contribution in [0.25, 0.3) is 0 Å². The molecule has 0 spiro atoms. The van der Waals surface area contributed by atoms with Crippen LogP contribution in [0.2, 0.25) is 0 Å². The summed E-state index contributed by atoms with van der Waals surface area (Å²) >= 11 is 0. The van der Waals surface area contributed by atoms with Crippen LogP contribution in [0.15, 0.2) is 24.3 Å². The maximum Gasteiger partial charge on any atom is 0.239 e. The molecular weight excluding hydrogens is 314 g/mol. The lowest BCUT2D eigenvalue weighted by atomic mass is 10.2. The average Bonchev–Trinajstić information content (AvgIpc) is 3.28. The molecule has 23 heavy (non-hydrogen) atoms. The minimum absolute atomic E-state index is 0.186. The minimum atomic E-state index is -1.38. The van der Waals surface area contributed by atoms with Crippen LogP contribution in [0.4, 0.5) is 5.69 Å². The third kappa shape index (κ3) is 3.64. The highest BCUT2D eigenvalue weighted by Gasteiger charge is 2.29. The van der Waals surface area contributed by atoms with Crippen LogP contribution in [0, 0.1) is 6.92 Å². The van der Waals surface area contributed by atoms with Gasteiger partial charge in [0.05, 0.1) is 11.8 Å². The predicted molar refractivity (Wildman–Crippen MR) is 87.2 cm³/mol. The van der Waals surface area contributed by atoms with Crippen LogP contribution in [0.3, 0.4) is 0 Å². The highest BCUT2D eigenvalue weighted by molar-refractivity contribution is 7.85. The fourth-order valence-electron chi connectivity index (χ4n) is 2.23. The molecule has 2 aromatic rings. The van der Waals surface area contributed by atoms with Gasteiger partial charge in [0.1, 0.15) is 5.25 Å². The standard InChI is InChI=1S/C15H19N5O2S/c1-10-5-3-4-6-13(10)16-15(21)11(2)23(22)9-14-17-18-19-20(14)12-7-8-12/h3-6,11-12H,7-9H2,1-2H3,(H,16,21)/t11-,23-/m0/s1. The molecule has 8 heteroatoms. The summed E-state index contributed by atoms with van der Waals surface area (Å²) in [6.45, 7) is 3.58. The van der Waals surface area contributed by atoms with Gasteiger partial charge in [-0.1, -0.05) is 18.2 Å². The van der Waals surface area contributed by atoms with Crippen LogP contribution in [0.5, 0.6) is 0 Å². The molecule has 0 bridgehead atoms. The van der Waals surface area contributed by atoms with Gasteiger partial charge in [-0.3, -0.25) is 9.00 Å². The molecule has 1 aliphatic carbocycles. The van der Waals surface area contributed by atoms with E-state index in [1.807, 2.05) is 31.2 Å². The molecule has 1 saturated carbocycles. The van der Waals surface area contributed by atoms with E-state index in [1.54, 1.807) is 11.6 Å². The van der Waals surface area contributed by atoms with E-state index in [0.29, 0.717) is 11.9 Å². The normalized spacial score (nSPS) is 16.8. The van der Waals surface area contributed by atoms with Crippen molar-refractivity contribution >= 4 is 22.4 Å². The second-order valence-corrected chi connectivity index (χ2v) is 7.50. The van der Waals surface area contributed by atoms with Gasteiger partial charge in [0.15, 0.2) is 5.82 Å². The number of hydrogen-bond donors (Lipinski definition) is 1. The van der Waals surface area contributed by atoms with E-state index >= 15 is 0 Å². The van der Waals surface area contributed by atoms with Gasteiger partial charge in [0.2, 0.25) is 5.91 Å². The van der Waals surface area contributed by atoms with Crippen molar-refractivity contribution in [3.63, 3.8) is 0 Å². The Morgan fingerprint density at radius 1 is 1.43 bits per heavy atom. The van der Waals surface area contributed by atoms with Crippen molar-refractivity contribution in [2.24, 2.45) is 0 Å². The number of nitrogens with one attached hydrogen (secondary N) is 1. The van der Waals surface area contributed by atoms with E-state index in [1.165, 1.54) is 0 Å². The van der Waals surface area contributed by atoms with E-state index < -0.39 is 16.0 Å². The quantitative estimate of drug-likeness (QED) is 0.867. The number of carbonyl (C=O) groups excluding carboxylic acids is 1. The molecule has 0 aliphatic heterocycles. The Bertz CT molecular complexity index is 741. The number of hydrogen-bond acceptors (Lipinski definition) is 5. The molecule has 1 N–H and O–H groups in total. The molecule has 3 rings (SSSR count). The lowest BCUT2D eigenvalue weighted by Crippen LogP contribution is -2.30. The summed E-state index contributed by atoms with van der Waals surface area (Å²) in [6.07, 6.45) is 2.10. The molecule has 1 fully saturated rings. The number of tetrazole rings is 1. The Kier molecular flexibility index (Phi) is 4.51. The molecular formula is C15H19N5O2S. The highest BCUT2D eigenvalue weighted by Crippen LogP contribution is 2.34. The first kappa shape index (κ1) is 15.8. The van der Waals surface area contributed by atoms with Gasteiger partial charge < -0.3 is 5.32 Å². The van der Waals surface area contributed by atoms with Gasteiger partial charge in [-0.2, -0.15) is 0 Å². The topological polar surface area (TPSA) is 89.8 Å². The molecule has 0 radical (unpaired) electrons. The zero-order valence-corrected chi connectivity index (χ0v) is 13.9. The van der Waals surface area contributed by atoms with Crippen molar-refractivity contribution in [2.45, 2.75) is 43.7 Å². The van der Waals surface area contributed by atoms with Gasteiger partial charge >= 0.3 is 0 Å². The summed E-state index contributed by atoms with van der Waals surface area (Å²) in [5, 5.41) is 13.7. The number of rotatable bonds is 6. The number of para-hydroxylation sites is 1. The van der Waals surface area contributed by atoms with Crippen LogP contribution in [0.1, 0.15) is 37.2 Å². The Labute approximate surface area is 136 Å². The number of amides is 1. The van der Waals surface area contributed by atoms with E-state index in [-0.39, 0.29) is 11.7 Å². The van der Waals surface area contributed by atoms with Gasteiger partial charge in [0.25, 0.3) is 0 Å². The number of nitrogens with zero attached hydrogens (tertiary/aromatic N) is 4. The summed E-state index contributed by atoms with van der Waals surface area (Å²) < 4.78 is 14.2. The van der Waals surface area contributed by atoms with E-state index in [4.69, 9.17) is 0 Å². The fourth-order valence-corrected chi connectivity index (χ4v) is 3.22. The lowest BCUT2D eigenvalue weighted by molar-refractivity contribution is -0.115. The SMILES string of the molecule is Cc1ccccc1NC(=O)[C@H](C)[S@@](=O)Cc1nnnn1C1CC1. The largest absolute Gasteiger partial charge is 0.325 e. The van der Waals surface area contributed by atoms with Gasteiger partial charge in [-0.15, -0.1) is 5.10 Å². The summed E-state index contributed by atoms with van der Waals surface area (Å²) in [7, 11) is -1.38. The minimum Gasteiger partial charge on any atom is -0.325 e. The maximum absolute atomic E-state index is 12.5. The third-order valence-electron chi connectivity index (χ3n) is 3.89. The van der Waals surface area contributed by atoms with Crippen LogP contribution >= 0.6 is 0 Å². The van der Waals surface area contributed by atoms with Crippen molar-refractivity contribution in [3.8, 4) is 0 Å². The molecule has 7 nitrogen and oxygen atoms in total. The van der Waals surface area contributed by atoms with E-state index in [2.05, 4.69) is 20.8 Å². The number of aromatic nitrogens is 4. The molecule has 1 amide bonds. The Morgan fingerprint density at radius 2 is 2.17 bits per heavy atom. The zero-order valence-electron chi connectivity index (χ0n) is 13.1. The summed E-state index contributed by atoms with van der Waals surface area (Å²) in [5.74, 6) is 0.510. The van der Waals surface area contributed by atoms with Crippen molar-refractivity contribution in [3.05, 3.63) is 35.7 Å². The maximum atomic E-state index is 12.5. The highest BCUT2D eigenvalue weighted by atomic mass is 32.2. The lowest BCUT2D eigenvalue weighted by Gasteiger charge is -2.13. The molecule has 2 atom stereocenters. The first-order valence-corrected chi connectivity index (χ1v) is 8.95. The number of aryl methyl sites for hydroxylation is 1. The van der Waals surface area contributed by atoms with Crippen molar-refractivity contribution < 1.29 is 9.00 Å². The molecule has 1 aliphatic rings. The Balaban J connectivity index is 1.63. The molecule has 0 saturated heterocycles. The molecule has 0 unspecified atom stereocenters. The first-order valence-electron chi connectivity index (χ1n) is 7.56. The predicted octanol–water partition coefficient (Wildman–Crippen LogP) is 1.59. The second-order valence-electron chi connectivity index (χ2n) is 5.74. The number of benzene rings is 1. The monoisotopic (exact) mass is 333 g/mol. The van der Waals surface area contributed by atoms with E-state index in [0.717, 1.165) is 24.1 Å². The number of carbonyl (C=O) groups is 1. The van der Waals surface area contributed by atoms with Crippen LogP contribution in [-0.4, -0.2) is 35.6 Å². The van der Waals surface area contributed by atoms with Crippen molar-refractivity contribution in [2.75, 3.05) is 5.32 Å². The summed E-state index contributed by atoms with van der Waals surface area (Å²) in [6, 6.07) is 7.84. The van der Waals surface area contributed by atoms with Gasteiger partial charge in [0, 0.05) is 16.5 Å². The first-order chi connectivity index (χ1) is 11.1. The average molecular weight is 333 g/mol. The van der Waals surface area contributed by atoms with Crippen LogP contribution in [-0.2, 0) is 21.3 Å². The molecule has 122 valence electrons. The van der Waals surface area contributed by atoms with Gasteiger partial charge in [-0.05, 0) is 48.7 Å². The molecule has 1 aromatic heterocycles. The smallest absolute Gasteiger partial charge is 0.239 e. The fraction of sp³-hybridized carbons (Fsp3) is 0.467. The molecule has 1 heterocycles. The van der Waals surface area contributed by atoms with Crippen LogP contribution < -0.4 is 5.32 Å². The van der Waals surface area contributed by atoms with Gasteiger partial charge in [-0.25, -0.2) is 4.68 Å². The Hall–Kier alpha value is -2.09. The third-order valence-corrected chi connectivity index (χ3v) is 5.44. The van der Waals surface area contributed by atoms with Crippen molar-refractivity contribution in [1.82, 2.24) is 20.2 Å². The second kappa shape index (κ2) is 6.57. The van der Waals surface area contributed by atoms with Crippen molar-refractivity contribution in [1.29, 1.82) is 0 Å². The zero-order chi connectivity index (χ0) is 16.4. The Morgan fingerprint density at radius 3 is 2.87 bits per heavy atom. The number of anilines is 1. The summed E-state index contributed by atoms with van der Waals surface area (Å²) in [4.78, 5) is 12.3. The molecule has 1 aromatic carbocycles.